The van der Waals surface area contributed by atoms with Crippen LogP contribution < -0.4 is 5.73 Å². The van der Waals surface area contributed by atoms with Crippen LogP contribution in [0.15, 0.2) is 33.6 Å². The molecule has 0 saturated carbocycles. The monoisotopic (exact) mass is 353 g/mol. The van der Waals surface area contributed by atoms with Gasteiger partial charge in [0.1, 0.15) is 17.2 Å². The molecule has 0 spiro atoms. The van der Waals surface area contributed by atoms with Gasteiger partial charge < -0.3 is 10.8 Å². The largest absolute Gasteiger partial charge is 0.477 e. The van der Waals surface area contributed by atoms with Gasteiger partial charge >= 0.3 is 5.97 Å². The minimum absolute atomic E-state index is 0.0106. The van der Waals surface area contributed by atoms with Crippen molar-refractivity contribution in [3.63, 3.8) is 0 Å². The minimum Gasteiger partial charge on any atom is -0.477 e. The van der Waals surface area contributed by atoms with Gasteiger partial charge in [-0.2, -0.15) is 0 Å². The Labute approximate surface area is 128 Å². The second-order valence-corrected chi connectivity index (χ2v) is 6.00. The maximum atomic E-state index is 11.0. The molecule has 0 saturated heterocycles. The first-order chi connectivity index (χ1) is 9.47. The van der Waals surface area contributed by atoms with E-state index < -0.39 is 5.97 Å². The molecule has 0 radical (unpaired) electrons. The summed E-state index contributed by atoms with van der Waals surface area (Å²) in [5, 5.41) is 9.00. The van der Waals surface area contributed by atoms with E-state index in [0.717, 1.165) is 9.37 Å². The van der Waals surface area contributed by atoms with Gasteiger partial charge in [0.15, 0.2) is 0 Å². The summed E-state index contributed by atoms with van der Waals surface area (Å²) in [5.74, 6) is -0.0338. The number of rotatable bonds is 4. The molecule has 5 nitrogen and oxygen atoms in total. The second-order valence-electron chi connectivity index (χ2n) is 4.03. The molecule has 1 heterocycles. The van der Waals surface area contributed by atoms with E-state index in [9.17, 15) is 4.79 Å². The van der Waals surface area contributed by atoms with E-state index in [1.807, 2.05) is 24.3 Å². The number of carboxylic acid groups (broad SMARTS) is 1. The Kier molecular flexibility index (Phi) is 4.61. The highest BCUT2D eigenvalue weighted by Gasteiger charge is 2.15. The van der Waals surface area contributed by atoms with Gasteiger partial charge in [-0.1, -0.05) is 15.9 Å². The van der Waals surface area contributed by atoms with E-state index in [2.05, 4.69) is 25.9 Å². The van der Waals surface area contributed by atoms with Gasteiger partial charge in [-0.05, 0) is 31.2 Å². The molecule has 104 valence electrons. The number of nitrogens with two attached hydrogens (primary N) is 1. The summed E-state index contributed by atoms with van der Waals surface area (Å²) in [6, 6.07) is 7.87. The summed E-state index contributed by atoms with van der Waals surface area (Å²) < 4.78 is 1.02. The Bertz CT molecular complexity index is 624. The lowest BCUT2D eigenvalue weighted by atomic mass is 10.2. The number of nitrogen functional groups attached to an aromatic ring is 1. The molecular formula is C13H12BrN3O2S. The Balaban J connectivity index is 2.14. The van der Waals surface area contributed by atoms with Crippen LogP contribution in [0.4, 0.5) is 5.82 Å². The zero-order chi connectivity index (χ0) is 14.7. The number of carboxylic acids is 1. The number of halogens is 1. The molecule has 0 amide bonds. The van der Waals surface area contributed by atoms with Crippen LogP contribution in [0.1, 0.15) is 21.9 Å². The highest BCUT2D eigenvalue weighted by atomic mass is 79.9. The Morgan fingerprint density at radius 2 is 2.00 bits per heavy atom. The van der Waals surface area contributed by atoms with Gasteiger partial charge in [0.25, 0.3) is 0 Å². The maximum absolute atomic E-state index is 11.0. The quantitative estimate of drug-likeness (QED) is 0.820. The third-order valence-electron chi connectivity index (χ3n) is 2.56. The fourth-order valence-corrected chi connectivity index (χ4v) is 2.68. The molecule has 1 aromatic carbocycles. The number of hydrogen-bond acceptors (Lipinski definition) is 5. The third kappa shape index (κ3) is 3.49. The predicted octanol–water partition coefficient (Wildman–Crippen LogP) is 3.12. The van der Waals surface area contributed by atoms with Crippen LogP contribution >= 0.6 is 27.7 Å². The topological polar surface area (TPSA) is 89.1 Å². The number of hydrogen-bond donors (Lipinski definition) is 2. The fourth-order valence-electron chi connectivity index (χ4n) is 1.66. The third-order valence-corrected chi connectivity index (χ3v) is 4.10. The van der Waals surface area contributed by atoms with Crippen molar-refractivity contribution in [2.24, 2.45) is 0 Å². The zero-order valence-electron chi connectivity index (χ0n) is 10.6. The van der Waals surface area contributed by atoms with Crippen LogP contribution in [0.2, 0.25) is 0 Å². The Hall–Kier alpha value is -1.60. The molecule has 1 aromatic heterocycles. The van der Waals surface area contributed by atoms with Gasteiger partial charge in [-0.15, -0.1) is 11.8 Å². The van der Waals surface area contributed by atoms with Crippen molar-refractivity contribution in [1.29, 1.82) is 0 Å². The van der Waals surface area contributed by atoms with Gasteiger partial charge in [-0.25, -0.2) is 14.8 Å². The van der Waals surface area contributed by atoms with Crippen molar-refractivity contribution in [2.75, 3.05) is 5.73 Å². The van der Waals surface area contributed by atoms with E-state index in [1.165, 1.54) is 0 Å². The molecule has 0 aliphatic rings. The maximum Gasteiger partial charge on any atom is 0.341 e. The summed E-state index contributed by atoms with van der Waals surface area (Å²) in [5.41, 5.74) is 6.02. The first-order valence-corrected chi connectivity index (χ1v) is 7.50. The van der Waals surface area contributed by atoms with Crippen LogP contribution in [0.3, 0.4) is 0 Å². The average Bonchev–Trinajstić information content (AvgIpc) is 2.37. The van der Waals surface area contributed by atoms with E-state index in [1.54, 1.807) is 18.7 Å². The molecule has 0 fully saturated rings. The van der Waals surface area contributed by atoms with Gasteiger partial charge in [-0.3, -0.25) is 0 Å². The summed E-state index contributed by atoms with van der Waals surface area (Å²) in [4.78, 5) is 20.3. The molecule has 0 aliphatic carbocycles. The van der Waals surface area contributed by atoms with Crippen LogP contribution in [0.5, 0.6) is 0 Å². The highest BCUT2D eigenvalue weighted by Crippen LogP contribution is 2.24. The fraction of sp³-hybridized carbons (Fsp3) is 0.154. The van der Waals surface area contributed by atoms with E-state index in [-0.39, 0.29) is 11.4 Å². The summed E-state index contributed by atoms with van der Waals surface area (Å²) in [6.07, 6.45) is 0. The van der Waals surface area contributed by atoms with Crippen molar-refractivity contribution < 1.29 is 9.90 Å². The second kappa shape index (κ2) is 6.23. The van der Waals surface area contributed by atoms with E-state index >= 15 is 0 Å². The lowest BCUT2D eigenvalue weighted by Gasteiger charge is -2.07. The average molecular weight is 354 g/mol. The summed E-state index contributed by atoms with van der Waals surface area (Å²) in [6.45, 7) is 1.62. The number of benzene rings is 1. The number of nitrogens with zero attached hydrogens (tertiary/aromatic N) is 2. The lowest BCUT2D eigenvalue weighted by molar-refractivity contribution is 0.0696. The summed E-state index contributed by atoms with van der Waals surface area (Å²) >= 11 is 4.94. The standard InChI is InChI=1S/C13H12BrN3O2S/c1-7-11(13(18)19)12(15)17-10(16-7)6-20-9-4-2-8(14)3-5-9/h2-5H,6H2,1H3,(H,18,19)(H2,15,16,17). The highest BCUT2D eigenvalue weighted by molar-refractivity contribution is 9.10. The molecule has 7 heteroatoms. The molecule has 20 heavy (non-hydrogen) atoms. The molecule has 0 atom stereocenters. The number of aryl methyl sites for hydroxylation is 1. The number of aromatic carboxylic acids is 1. The lowest BCUT2D eigenvalue weighted by Crippen LogP contribution is -2.11. The van der Waals surface area contributed by atoms with Crippen molar-refractivity contribution in [2.45, 2.75) is 17.6 Å². The molecule has 0 unspecified atom stereocenters. The van der Waals surface area contributed by atoms with Gasteiger partial charge in [0.05, 0.1) is 11.4 Å². The molecule has 0 bridgehead atoms. The van der Waals surface area contributed by atoms with E-state index in [0.29, 0.717) is 17.3 Å². The number of thioether (sulfide) groups is 1. The molecular weight excluding hydrogens is 342 g/mol. The van der Waals surface area contributed by atoms with Crippen molar-refractivity contribution in [3.05, 3.63) is 45.8 Å². The first kappa shape index (κ1) is 14.8. The van der Waals surface area contributed by atoms with Crippen molar-refractivity contribution in [3.8, 4) is 0 Å². The normalized spacial score (nSPS) is 10.5. The van der Waals surface area contributed by atoms with Gasteiger partial charge in [0.2, 0.25) is 0 Å². The summed E-state index contributed by atoms with van der Waals surface area (Å²) in [7, 11) is 0. The number of carbonyl (C=O) groups is 1. The van der Waals surface area contributed by atoms with E-state index in [4.69, 9.17) is 10.8 Å². The molecule has 2 aromatic rings. The Morgan fingerprint density at radius 1 is 1.35 bits per heavy atom. The van der Waals surface area contributed by atoms with Gasteiger partial charge in [0, 0.05) is 9.37 Å². The molecule has 2 rings (SSSR count). The van der Waals surface area contributed by atoms with Crippen LogP contribution in [-0.2, 0) is 5.75 Å². The predicted molar refractivity (Wildman–Crippen MR) is 81.8 cm³/mol. The minimum atomic E-state index is -1.10. The Morgan fingerprint density at radius 3 is 2.55 bits per heavy atom. The molecule has 3 N–H and O–H groups in total. The van der Waals surface area contributed by atoms with Crippen LogP contribution in [0.25, 0.3) is 0 Å². The smallest absolute Gasteiger partial charge is 0.341 e. The van der Waals surface area contributed by atoms with Crippen LogP contribution in [-0.4, -0.2) is 21.0 Å². The number of anilines is 1. The van der Waals surface area contributed by atoms with Crippen molar-refractivity contribution >= 4 is 39.5 Å². The van der Waals surface area contributed by atoms with Crippen molar-refractivity contribution in [1.82, 2.24) is 9.97 Å². The first-order valence-electron chi connectivity index (χ1n) is 5.72. The number of aromatic nitrogens is 2. The zero-order valence-corrected chi connectivity index (χ0v) is 13.0. The SMILES string of the molecule is Cc1nc(CSc2ccc(Br)cc2)nc(N)c1C(=O)O. The van der Waals surface area contributed by atoms with Crippen LogP contribution in [0, 0.1) is 6.92 Å². The molecule has 0 aliphatic heterocycles.